The SMILES string of the molecule is CCCC[C@@H](C(N)=O)N1CCN(C(=O)[C@H](Cc2c[nH]c3ccccc23)N2CCN[C@@H](Cc3ccccc3)C2=O)[C@@H](Cc2ccccc2)C1=O. The van der Waals surface area contributed by atoms with Gasteiger partial charge in [0.05, 0.1) is 6.04 Å². The first-order chi connectivity index (χ1) is 23.9. The standard InChI is InChI=1S/C39H46N6O4/c1-2-3-18-33(36(40)46)44-21-22-45(34(38(44)48)24-28-14-8-5-9-15-28)39(49)35(25-29-26-42-31-17-11-10-16-30(29)31)43-20-19-41-32(37(43)47)23-27-12-6-4-7-13-27/h4-17,26,32-35,41-42H,2-3,18-25H2,1H3,(H2,40,46)/t32-,33-,34-,35-/m0/s1. The van der Waals surface area contributed by atoms with Crippen LogP contribution in [0.25, 0.3) is 10.9 Å². The van der Waals surface area contributed by atoms with Gasteiger partial charge in [-0.3, -0.25) is 19.2 Å². The van der Waals surface area contributed by atoms with Gasteiger partial charge in [-0.15, -0.1) is 0 Å². The minimum absolute atomic E-state index is 0.133. The van der Waals surface area contributed by atoms with Crippen molar-refractivity contribution in [2.45, 2.75) is 69.6 Å². The number of hydrogen-bond acceptors (Lipinski definition) is 5. The molecule has 0 unspecified atom stereocenters. The van der Waals surface area contributed by atoms with Gasteiger partial charge < -0.3 is 30.7 Å². The summed E-state index contributed by atoms with van der Waals surface area (Å²) in [5.74, 6) is -1.22. The number of amides is 4. The Labute approximate surface area is 287 Å². The number of H-pyrrole nitrogens is 1. The van der Waals surface area contributed by atoms with Crippen molar-refractivity contribution in [2.75, 3.05) is 26.2 Å². The molecule has 4 aromatic rings. The lowest BCUT2D eigenvalue weighted by molar-refractivity contribution is -0.160. The zero-order valence-electron chi connectivity index (χ0n) is 28.1. The number of nitrogens with zero attached hydrogens (tertiary/aromatic N) is 3. The van der Waals surface area contributed by atoms with Crippen LogP contribution in [0.2, 0.25) is 0 Å². The molecule has 6 rings (SSSR count). The lowest BCUT2D eigenvalue weighted by atomic mass is 9.95. The molecule has 4 amide bonds. The van der Waals surface area contributed by atoms with E-state index in [-0.39, 0.29) is 37.2 Å². The number of carbonyl (C=O) groups is 4. The molecule has 3 heterocycles. The molecule has 2 aliphatic rings. The molecule has 0 aliphatic carbocycles. The summed E-state index contributed by atoms with van der Waals surface area (Å²) in [6, 6.07) is 24.5. The number of unbranched alkanes of at least 4 members (excludes halogenated alkanes) is 1. The van der Waals surface area contributed by atoms with Crippen LogP contribution in [0, 0.1) is 0 Å². The highest BCUT2D eigenvalue weighted by molar-refractivity contribution is 5.96. The molecule has 0 spiro atoms. The van der Waals surface area contributed by atoms with Gasteiger partial charge in [-0.25, -0.2) is 0 Å². The second-order valence-electron chi connectivity index (χ2n) is 13.1. The summed E-state index contributed by atoms with van der Waals surface area (Å²) < 4.78 is 0. The Kier molecular flexibility index (Phi) is 10.7. The predicted octanol–water partition coefficient (Wildman–Crippen LogP) is 3.45. The molecule has 2 saturated heterocycles. The first-order valence-electron chi connectivity index (χ1n) is 17.4. The van der Waals surface area contributed by atoms with E-state index < -0.39 is 30.1 Å². The van der Waals surface area contributed by atoms with Crippen LogP contribution in [0.4, 0.5) is 0 Å². The molecule has 4 N–H and O–H groups in total. The number of carbonyl (C=O) groups excluding carboxylic acids is 4. The Hall–Kier alpha value is -4.96. The number of primary amides is 1. The van der Waals surface area contributed by atoms with Crippen LogP contribution in [0.3, 0.4) is 0 Å². The maximum atomic E-state index is 15.0. The Balaban J connectivity index is 1.35. The quantitative estimate of drug-likeness (QED) is 0.202. The number of piperazine rings is 2. The van der Waals surface area contributed by atoms with Gasteiger partial charge in [-0.2, -0.15) is 0 Å². The molecular formula is C39H46N6O4. The van der Waals surface area contributed by atoms with Gasteiger partial charge in [0.2, 0.25) is 23.6 Å². The van der Waals surface area contributed by atoms with Crippen LogP contribution in [0.1, 0.15) is 42.9 Å². The predicted molar refractivity (Wildman–Crippen MR) is 189 cm³/mol. The topological polar surface area (TPSA) is 132 Å². The van der Waals surface area contributed by atoms with Gasteiger partial charge in [0.15, 0.2) is 0 Å². The van der Waals surface area contributed by atoms with Crippen molar-refractivity contribution in [1.82, 2.24) is 25.0 Å². The maximum Gasteiger partial charge on any atom is 0.246 e. The third-order valence-electron chi connectivity index (χ3n) is 9.97. The van der Waals surface area contributed by atoms with E-state index in [1.54, 1.807) is 14.7 Å². The first-order valence-corrected chi connectivity index (χ1v) is 17.4. The van der Waals surface area contributed by atoms with E-state index in [1.807, 2.05) is 98.0 Å². The van der Waals surface area contributed by atoms with Crippen LogP contribution >= 0.6 is 0 Å². The molecule has 2 aliphatic heterocycles. The van der Waals surface area contributed by atoms with Crippen molar-refractivity contribution >= 4 is 34.5 Å². The first kappa shape index (κ1) is 33.9. The zero-order chi connectivity index (χ0) is 34.3. The van der Waals surface area contributed by atoms with Crippen molar-refractivity contribution in [2.24, 2.45) is 5.73 Å². The van der Waals surface area contributed by atoms with Crippen molar-refractivity contribution in [3.63, 3.8) is 0 Å². The number of nitrogens with two attached hydrogens (primary N) is 1. The summed E-state index contributed by atoms with van der Waals surface area (Å²) in [4.78, 5) is 64.6. The van der Waals surface area contributed by atoms with E-state index in [0.29, 0.717) is 32.4 Å². The molecule has 2 fully saturated rings. The summed E-state index contributed by atoms with van der Waals surface area (Å²) in [7, 11) is 0. The lowest BCUT2D eigenvalue weighted by Gasteiger charge is -2.46. The number of aromatic nitrogens is 1. The highest BCUT2D eigenvalue weighted by Gasteiger charge is 2.45. The highest BCUT2D eigenvalue weighted by atomic mass is 16.2. The van der Waals surface area contributed by atoms with Crippen LogP contribution in [-0.2, 0) is 38.4 Å². The van der Waals surface area contributed by atoms with E-state index in [9.17, 15) is 14.4 Å². The number of fused-ring (bicyclic) bond motifs is 1. The number of para-hydroxylation sites is 1. The monoisotopic (exact) mass is 662 g/mol. The molecule has 0 saturated carbocycles. The van der Waals surface area contributed by atoms with E-state index in [2.05, 4.69) is 10.3 Å². The van der Waals surface area contributed by atoms with Gasteiger partial charge in [0, 0.05) is 56.1 Å². The van der Waals surface area contributed by atoms with Gasteiger partial charge in [-0.1, -0.05) is 98.6 Å². The van der Waals surface area contributed by atoms with Crippen molar-refractivity contribution in [1.29, 1.82) is 0 Å². The Morgan fingerprint density at radius 3 is 2.16 bits per heavy atom. The number of hydrogen-bond donors (Lipinski definition) is 3. The molecule has 10 heteroatoms. The van der Waals surface area contributed by atoms with Crippen LogP contribution in [0.15, 0.2) is 91.1 Å². The lowest BCUT2D eigenvalue weighted by Crippen LogP contribution is -2.67. The second kappa shape index (κ2) is 15.5. The minimum Gasteiger partial charge on any atom is -0.368 e. The Bertz CT molecular complexity index is 1760. The van der Waals surface area contributed by atoms with Crippen LogP contribution in [0.5, 0.6) is 0 Å². The fourth-order valence-corrected chi connectivity index (χ4v) is 7.37. The molecular weight excluding hydrogens is 616 g/mol. The van der Waals surface area contributed by atoms with E-state index in [4.69, 9.17) is 5.73 Å². The normalized spacial score (nSPS) is 19.7. The van der Waals surface area contributed by atoms with Gasteiger partial charge in [0.25, 0.3) is 0 Å². The third-order valence-corrected chi connectivity index (χ3v) is 9.97. The fourth-order valence-electron chi connectivity index (χ4n) is 7.37. The number of nitrogens with one attached hydrogen (secondary N) is 2. The van der Waals surface area contributed by atoms with Crippen molar-refractivity contribution in [3.05, 3.63) is 108 Å². The van der Waals surface area contributed by atoms with E-state index in [1.165, 1.54) is 0 Å². The zero-order valence-corrected chi connectivity index (χ0v) is 28.1. The van der Waals surface area contributed by atoms with Crippen LogP contribution < -0.4 is 11.1 Å². The average Bonchev–Trinajstić information content (AvgIpc) is 3.53. The molecule has 256 valence electrons. The Morgan fingerprint density at radius 2 is 1.47 bits per heavy atom. The van der Waals surface area contributed by atoms with E-state index >= 15 is 4.79 Å². The largest absolute Gasteiger partial charge is 0.368 e. The number of aromatic amines is 1. The molecule has 4 atom stereocenters. The van der Waals surface area contributed by atoms with Crippen LogP contribution in [-0.4, -0.2) is 93.7 Å². The summed E-state index contributed by atoms with van der Waals surface area (Å²) in [5, 5.41) is 4.37. The maximum absolute atomic E-state index is 15.0. The van der Waals surface area contributed by atoms with E-state index in [0.717, 1.165) is 40.4 Å². The Morgan fingerprint density at radius 1 is 0.816 bits per heavy atom. The molecule has 0 bridgehead atoms. The average molecular weight is 663 g/mol. The van der Waals surface area contributed by atoms with Gasteiger partial charge in [-0.05, 0) is 35.6 Å². The molecule has 10 nitrogen and oxygen atoms in total. The minimum atomic E-state index is -0.851. The smallest absolute Gasteiger partial charge is 0.246 e. The summed E-state index contributed by atoms with van der Waals surface area (Å²) in [6.45, 7) is 3.36. The second-order valence-corrected chi connectivity index (χ2v) is 13.1. The fraction of sp³-hybridized carbons (Fsp3) is 0.385. The molecule has 49 heavy (non-hydrogen) atoms. The molecule has 3 aromatic carbocycles. The van der Waals surface area contributed by atoms with Crippen molar-refractivity contribution in [3.8, 4) is 0 Å². The highest BCUT2D eigenvalue weighted by Crippen LogP contribution is 2.27. The third kappa shape index (κ3) is 7.54. The molecule has 0 radical (unpaired) electrons. The number of rotatable bonds is 13. The number of benzene rings is 3. The summed E-state index contributed by atoms with van der Waals surface area (Å²) >= 11 is 0. The summed E-state index contributed by atoms with van der Waals surface area (Å²) in [6.07, 6.45) is 5.09. The summed E-state index contributed by atoms with van der Waals surface area (Å²) in [5.41, 5.74) is 9.66. The van der Waals surface area contributed by atoms with Gasteiger partial charge in [0.1, 0.15) is 18.1 Å². The van der Waals surface area contributed by atoms with Gasteiger partial charge >= 0.3 is 0 Å². The van der Waals surface area contributed by atoms with Crippen molar-refractivity contribution < 1.29 is 19.2 Å². The molecule has 1 aromatic heterocycles.